The number of aryl methyl sites for hydroxylation is 1. The first-order valence-corrected chi connectivity index (χ1v) is 10.4. The van der Waals surface area contributed by atoms with Gasteiger partial charge in [0.15, 0.2) is 0 Å². The molecule has 2 heterocycles. The van der Waals surface area contributed by atoms with Crippen molar-refractivity contribution in [2.45, 2.75) is 56.7 Å². The van der Waals surface area contributed by atoms with Crippen molar-refractivity contribution in [2.24, 2.45) is 10.7 Å². The standard InChI is InChI=1S/C23H24F3N5O/c1-22(2)23(25,26)21(31-19(28)12-32-22)16-9-15(6-7-17(16)24)30-18-5-3-4-14-8-13(10-27)11-29-20(14)18/h6-9,11,18,21,30H,3-5,12H2,1-2H3,(H2,28,31). The topological polar surface area (TPSA) is 96.3 Å². The summed E-state index contributed by atoms with van der Waals surface area (Å²) in [5.74, 6) is -4.41. The Morgan fingerprint density at radius 3 is 2.81 bits per heavy atom. The molecule has 1 aliphatic carbocycles. The lowest BCUT2D eigenvalue weighted by Crippen LogP contribution is -2.48. The normalized spacial score (nSPS) is 23.9. The van der Waals surface area contributed by atoms with E-state index in [0.29, 0.717) is 11.3 Å². The van der Waals surface area contributed by atoms with Crippen LogP contribution in [-0.4, -0.2) is 29.0 Å². The summed E-state index contributed by atoms with van der Waals surface area (Å²) in [6.07, 6.45) is 3.97. The van der Waals surface area contributed by atoms with Gasteiger partial charge in [0, 0.05) is 17.4 Å². The quantitative estimate of drug-likeness (QED) is 0.732. The molecule has 0 bridgehead atoms. The molecule has 2 aliphatic rings. The molecule has 2 unspecified atom stereocenters. The molecule has 0 amide bonds. The van der Waals surface area contributed by atoms with Crippen molar-refractivity contribution >= 4 is 11.5 Å². The molecule has 1 aromatic carbocycles. The predicted molar refractivity (Wildman–Crippen MR) is 114 cm³/mol. The Morgan fingerprint density at radius 2 is 2.06 bits per heavy atom. The molecule has 3 N–H and O–H groups in total. The number of hydrogen-bond donors (Lipinski definition) is 2. The lowest BCUT2D eigenvalue weighted by atomic mass is 9.88. The van der Waals surface area contributed by atoms with E-state index < -0.39 is 23.4 Å². The largest absolute Gasteiger partial charge is 0.386 e. The van der Waals surface area contributed by atoms with Crippen LogP contribution in [0.5, 0.6) is 0 Å². The van der Waals surface area contributed by atoms with E-state index in [2.05, 4.69) is 21.4 Å². The minimum Gasteiger partial charge on any atom is -0.386 e. The predicted octanol–water partition coefficient (Wildman–Crippen LogP) is 4.42. The molecule has 0 radical (unpaired) electrons. The SMILES string of the molecule is CC1(C)OCC(N)=NC(c2cc(NC3CCCc4cc(C#N)cnc43)ccc2F)C1(F)F. The molecule has 0 spiro atoms. The highest BCUT2D eigenvalue weighted by atomic mass is 19.3. The van der Waals surface area contributed by atoms with E-state index in [-0.39, 0.29) is 24.0 Å². The number of fused-ring (bicyclic) bond motifs is 1. The molecule has 168 valence electrons. The number of aliphatic imine (C=N–C) groups is 1. The number of hydrogen-bond acceptors (Lipinski definition) is 6. The van der Waals surface area contributed by atoms with Gasteiger partial charge in [-0.2, -0.15) is 5.26 Å². The summed E-state index contributed by atoms with van der Waals surface area (Å²) >= 11 is 0. The maximum atomic E-state index is 15.3. The van der Waals surface area contributed by atoms with Gasteiger partial charge in [0.1, 0.15) is 36.0 Å². The number of nitrogens with one attached hydrogen (secondary N) is 1. The summed E-state index contributed by atoms with van der Waals surface area (Å²) in [5.41, 5.74) is 6.33. The van der Waals surface area contributed by atoms with E-state index in [9.17, 15) is 4.39 Å². The molecular formula is C23H24F3N5O. The third-order valence-electron chi connectivity index (χ3n) is 6.05. The second-order valence-corrected chi connectivity index (χ2v) is 8.65. The summed E-state index contributed by atoms with van der Waals surface area (Å²) in [7, 11) is 0. The molecule has 1 aliphatic heterocycles. The highest BCUT2D eigenvalue weighted by Gasteiger charge is 2.56. The van der Waals surface area contributed by atoms with E-state index in [0.717, 1.165) is 36.6 Å². The Hall–Kier alpha value is -3.12. The molecule has 0 fully saturated rings. The lowest BCUT2D eigenvalue weighted by molar-refractivity contribution is -0.191. The minimum atomic E-state index is -3.50. The molecule has 32 heavy (non-hydrogen) atoms. The Morgan fingerprint density at radius 1 is 1.28 bits per heavy atom. The Labute approximate surface area is 184 Å². The van der Waals surface area contributed by atoms with Crippen LogP contribution in [0.3, 0.4) is 0 Å². The van der Waals surface area contributed by atoms with Crippen LogP contribution in [0.2, 0.25) is 0 Å². The third-order valence-corrected chi connectivity index (χ3v) is 6.05. The molecule has 9 heteroatoms. The second kappa shape index (κ2) is 8.10. The van der Waals surface area contributed by atoms with Crippen molar-refractivity contribution in [2.75, 3.05) is 11.9 Å². The van der Waals surface area contributed by atoms with Gasteiger partial charge < -0.3 is 15.8 Å². The highest BCUT2D eigenvalue weighted by molar-refractivity contribution is 5.82. The minimum absolute atomic E-state index is 0.114. The Bertz CT molecular complexity index is 1110. The lowest BCUT2D eigenvalue weighted by Gasteiger charge is -2.35. The molecular weight excluding hydrogens is 419 g/mol. The second-order valence-electron chi connectivity index (χ2n) is 8.65. The number of benzene rings is 1. The van der Waals surface area contributed by atoms with Crippen LogP contribution in [0, 0.1) is 17.1 Å². The molecule has 0 saturated heterocycles. The number of nitriles is 1. The Balaban J connectivity index is 1.69. The number of ether oxygens (including phenoxy) is 1. The van der Waals surface area contributed by atoms with Gasteiger partial charge >= 0.3 is 5.92 Å². The number of anilines is 1. The number of aromatic nitrogens is 1. The van der Waals surface area contributed by atoms with E-state index >= 15 is 8.78 Å². The van der Waals surface area contributed by atoms with Crippen LogP contribution >= 0.6 is 0 Å². The first-order chi connectivity index (χ1) is 15.1. The first-order valence-electron chi connectivity index (χ1n) is 10.4. The van der Waals surface area contributed by atoms with Crippen molar-refractivity contribution in [3.8, 4) is 6.07 Å². The zero-order chi connectivity index (χ0) is 23.1. The van der Waals surface area contributed by atoms with Crippen molar-refractivity contribution in [3.63, 3.8) is 0 Å². The van der Waals surface area contributed by atoms with Crippen LogP contribution in [0.25, 0.3) is 0 Å². The van der Waals surface area contributed by atoms with Crippen LogP contribution in [0.1, 0.15) is 61.2 Å². The number of pyridine rings is 1. The van der Waals surface area contributed by atoms with Gasteiger partial charge in [-0.05, 0) is 62.9 Å². The van der Waals surface area contributed by atoms with Gasteiger partial charge in [-0.3, -0.25) is 9.98 Å². The monoisotopic (exact) mass is 443 g/mol. The number of nitrogens with zero attached hydrogens (tertiary/aromatic N) is 3. The van der Waals surface area contributed by atoms with Crippen LogP contribution < -0.4 is 11.1 Å². The Kier molecular flexibility index (Phi) is 5.59. The van der Waals surface area contributed by atoms with E-state index in [1.807, 2.05) is 6.07 Å². The number of halogens is 3. The van der Waals surface area contributed by atoms with Crippen molar-refractivity contribution in [3.05, 3.63) is 58.7 Å². The molecule has 2 aromatic rings. The summed E-state index contributed by atoms with van der Waals surface area (Å²) < 4.78 is 50.6. The average Bonchev–Trinajstić information content (AvgIpc) is 2.84. The van der Waals surface area contributed by atoms with Crippen LogP contribution in [-0.2, 0) is 11.2 Å². The van der Waals surface area contributed by atoms with Gasteiger partial charge in [-0.25, -0.2) is 13.2 Å². The fourth-order valence-corrected chi connectivity index (χ4v) is 4.14. The summed E-state index contributed by atoms with van der Waals surface area (Å²) in [5, 5.41) is 12.4. The van der Waals surface area contributed by atoms with Crippen LogP contribution in [0.15, 0.2) is 35.5 Å². The van der Waals surface area contributed by atoms with Crippen molar-refractivity contribution in [1.29, 1.82) is 5.26 Å². The first kappa shape index (κ1) is 22.1. The van der Waals surface area contributed by atoms with Gasteiger partial charge in [-0.1, -0.05) is 0 Å². The number of nitrogens with two attached hydrogens (primary N) is 1. The average molecular weight is 443 g/mol. The van der Waals surface area contributed by atoms with Gasteiger partial charge in [-0.15, -0.1) is 0 Å². The zero-order valence-corrected chi connectivity index (χ0v) is 17.8. The third kappa shape index (κ3) is 3.91. The van der Waals surface area contributed by atoms with E-state index in [1.54, 1.807) is 0 Å². The highest BCUT2D eigenvalue weighted by Crippen LogP contribution is 2.46. The maximum Gasteiger partial charge on any atom is 0.301 e. The fourth-order valence-electron chi connectivity index (χ4n) is 4.14. The van der Waals surface area contributed by atoms with Gasteiger partial charge in [0.25, 0.3) is 0 Å². The van der Waals surface area contributed by atoms with E-state index in [1.165, 1.54) is 32.2 Å². The molecule has 0 saturated carbocycles. The maximum absolute atomic E-state index is 15.3. The fraction of sp³-hybridized carbons (Fsp3) is 0.435. The van der Waals surface area contributed by atoms with Crippen LogP contribution in [0.4, 0.5) is 18.9 Å². The molecule has 4 rings (SSSR count). The number of rotatable bonds is 3. The number of alkyl halides is 2. The van der Waals surface area contributed by atoms with Gasteiger partial charge in [0.05, 0.1) is 17.3 Å². The number of amidine groups is 1. The smallest absolute Gasteiger partial charge is 0.301 e. The van der Waals surface area contributed by atoms with Crippen molar-refractivity contribution in [1.82, 2.24) is 4.98 Å². The van der Waals surface area contributed by atoms with Crippen molar-refractivity contribution < 1.29 is 17.9 Å². The molecule has 2 atom stereocenters. The molecule has 1 aromatic heterocycles. The summed E-state index contributed by atoms with van der Waals surface area (Å²) in [6, 6.07) is 5.89. The summed E-state index contributed by atoms with van der Waals surface area (Å²) in [6.45, 7) is 2.23. The zero-order valence-electron chi connectivity index (χ0n) is 17.8. The van der Waals surface area contributed by atoms with Gasteiger partial charge in [0.2, 0.25) is 0 Å². The summed E-state index contributed by atoms with van der Waals surface area (Å²) in [4.78, 5) is 8.34. The molecule has 6 nitrogen and oxygen atoms in total. The van der Waals surface area contributed by atoms with E-state index in [4.69, 9.17) is 15.7 Å².